The highest BCUT2D eigenvalue weighted by Gasteiger charge is 2.22. The first-order valence-electron chi connectivity index (χ1n) is 9.32. The number of hydrogen-bond acceptors (Lipinski definition) is 5. The number of aromatic nitrogens is 2. The number of carbonyl (C=O) groups excluding carboxylic acids is 2. The fraction of sp³-hybridized carbons (Fsp3) is 0.174. The Morgan fingerprint density at radius 1 is 1.14 bits per heavy atom. The predicted molar refractivity (Wildman–Crippen MR) is 114 cm³/mol. The van der Waals surface area contributed by atoms with Crippen molar-refractivity contribution in [1.82, 2.24) is 9.97 Å². The lowest BCUT2D eigenvalue weighted by Crippen LogP contribution is -2.25. The van der Waals surface area contributed by atoms with Crippen LogP contribution in [0.5, 0.6) is 0 Å². The van der Waals surface area contributed by atoms with Crippen molar-refractivity contribution in [2.75, 3.05) is 0 Å². The van der Waals surface area contributed by atoms with Crippen LogP contribution in [0.1, 0.15) is 28.5 Å². The summed E-state index contributed by atoms with van der Waals surface area (Å²) in [6.07, 6.45) is 0.830. The van der Waals surface area contributed by atoms with Crippen molar-refractivity contribution in [3.63, 3.8) is 0 Å². The minimum Gasteiger partial charge on any atom is -0.454 e. The third-order valence-corrected chi connectivity index (χ3v) is 5.65. The molecule has 0 saturated carbocycles. The molecule has 2 aromatic heterocycles. The Balaban J connectivity index is 1.40. The summed E-state index contributed by atoms with van der Waals surface area (Å²) < 4.78 is 5.38. The van der Waals surface area contributed by atoms with Crippen molar-refractivity contribution in [2.24, 2.45) is 0 Å². The highest BCUT2D eigenvalue weighted by Crippen LogP contribution is 2.24. The van der Waals surface area contributed by atoms with Crippen LogP contribution in [0, 0.1) is 6.92 Å². The fourth-order valence-electron chi connectivity index (χ4n) is 3.15. The number of H-pyrrole nitrogens is 1. The van der Waals surface area contributed by atoms with Crippen molar-refractivity contribution in [2.45, 2.75) is 26.4 Å². The van der Waals surface area contributed by atoms with Gasteiger partial charge in [-0.3, -0.25) is 9.59 Å². The quantitative estimate of drug-likeness (QED) is 0.364. The van der Waals surface area contributed by atoms with E-state index >= 15 is 0 Å². The number of esters is 1. The van der Waals surface area contributed by atoms with Crippen LogP contribution < -0.4 is 0 Å². The molecule has 1 atom stereocenters. The van der Waals surface area contributed by atoms with Gasteiger partial charge < -0.3 is 9.72 Å². The lowest BCUT2D eigenvalue weighted by molar-refractivity contribution is -0.145. The normalized spacial score (nSPS) is 12.1. The van der Waals surface area contributed by atoms with Gasteiger partial charge in [0.1, 0.15) is 5.01 Å². The lowest BCUT2D eigenvalue weighted by Gasteiger charge is -2.11. The standard InChI is InChI=1S/C23H20N2O3S/c1-14-7-9-16(10-8-14)23-25-17(13-29-23)11-21(26)28-15(2)22(27)19-12-24-20-6-4-3-5-18(19)20/h3-10,12-13,15,24H,11H2,1-2H3/t15-/m0/s1. The Labute approximate surface area is 172 Å². The highest BCUT2D eigenvalue weighted by molar-refractivity contribution is 7.13. The number of ketones is 1. The van der Waals surface area contributed by atoms with Crippen LogP contribution in [0.4, 0.5) is 0 Å². The van der Waals surface area contributed by atoms with Crippen LogP contribution in [-0.4, -0.2) is 27.8 Å². The Hall–Kier alpha value is -3.25. The minimum absolute atomic E-state index is 0.0356. The molecule has 0 aliphatic carbocycles. The van der Waals surface area contributed by atoms with Gasteiger partial charge in [-0.05, 0) is 19.9 Å². The van der Waals surface area contributed by atoms with E-state index in [0.717, 1.165) is 21.5 Å². The SMILES string of the molecule is Cc1ccc(-c2nc(CC(=O)O[C@@H](C)C(=O)c3c[nH]c4ccccc34)cs2)cc1. The summed E-state index contributed by atoms with van der Waals surface area (Å²) in [5, 5.41) is 3.53. The van der Waals surface area contributed by atoms with E-state index in [0.29, 0.717) is 11.3 Å². The molecule has 4 rings (SSSR count). The second kappa shape index (κ2) is 8.01. The number of rotatable bonds is 6. The topological polar surface area (TPSA) is 72.0 Å². The number of hydrogen-bond donors (Lipinski definition) is 1. The molecule has 0 bridgehead atoms. The van der Waals surface area contributed by atoms with Gasteiger partial charge in [-0.1, -0.05) is 48.0 Å². The largest absolute Gasteiger partial charge is 0.454 e. The first-order chi connectivity index (χ1) is 14.0. The van der Waals surface area contributed by atoms with Gasteiger partial charge in [-0.25, -0.2) is 4.98 Å². The summed E-state index contributed by atoms with van der Waals surface area (Å²) in [5.74, 6) is -0.694. The average Bonchev–Trinajstić information content (AvgIpc) is 3.35. The number of aromatic amines is 1. The molecule has 6 heteroatoms. The Morgan fingerprint density at radius 2 is 1.90 bits per heavy atom. The van der Waals surface area contributed by atoms with Crippen LogP contribution in [-0.2, 0) is 16.0 Å². The number of nitrogens with one attached hydrogen (secondary N) is 1. The van der Waals surface area contributed by atoms with Gasteiger partial charge >= 0.3 is 5.97 Å². The maximum Gasteiger partial charge on any atom is 0.312 e. The molecular formula is C23H20N2O3S. The highest BCUT2D eigenvalue weighted by atomic mass is 32.1. The number of fused-ring (bicyclic) bond motifs is 1. The molecule has 0 unspecified atom stereocenters. The Morgan fingerprint density at radius 3 is 2.69 bits per heavy atom. The minimum atomic E-state index is -0.864. The molecule has 2 aromatic carbocycles. The summed E-state index contributed by atoms with van der Waals surface area (Å²) in [6.45, 7) is 3.63. The molecule has 29 heavy (non-hydrogen) atoms. The van der Waals surface area contributed by atoms with Gasteiger partial charge in [0.2, 0.25) is 5.78 Å². The van der Waals surface area contributed by atoms with Gasteiger partial charge in [0, 0.05) is 33.6 Å². The van der Waals surface area contributed by atoms with Crippen molar-refractivity contribution >= 4 is 34.0 Å². The number of nitrogens with zero attached hydrogens (tertiary/aromatic N) is 1. The zero-order chi connectivity index (χ0) is 20.4. The van der Waals surface area contributed by atoms with Crippen LogP contribution in [0.3, 0.4) is 0 Å². The number of benzene rings is 2. The summed E-state index contributed by atoms with van der Waals surface area (Å²) >= 11 is 1.49. The molecule has 5 nitrogen and oxygen atoms in total. The Bertz CT molecular complexity index is 1170. The number of aryl methyl sites for hydroxylation is 1. The molecule has 0 aliphatic heterocycles. The summed E-state index contributed by atoms with van der Waals surface area (Å²) in [4.78, 5) is 32.6. The molecular weight excluding hydrogens is 384 g/mol. The lowest BCUT2D eigenvalue weighted by atomic mass is 10.1. The number of para-hydroxylation sites is 1. The first-order valence-corrected chi connectivity index (χ1v) is 10.2. The number of carbonyl (C=O) groups is 2. The van der Waals surface area contributed by atoms with Crippen molar-refractivity contribution < 1.29 is 14.3 Å². The first kappa shape index (κ1) is 19.1. The molecule has 1 N–H and O–H groups in total. The Kier molecular flexibility index (Phi) is 5.27. The molecule has 0 fully saturated rings. The van der Waals surface area contributed by atoms with E-state index in [1.807, 2.05) is 60.8 Å². The van der Waals surface area contributed by atoms with E-state index in [4.69, 9.17) is 4.74 Å². The van der Waals surface area contributed by atoms with E-state index in [1.165, 1.54) is 16.9 Å². The third-order valence-electron chi connectivity index (χ3n) is 4.71. The average molecular weight is 404 g/mol. The van der Waals surface area contributed by atoms with Crippen LogP contribution in [0.2, 0.25) is 0 Å². The number of Topliss-reactive ketones (excluding diaryl/α,β-unsaturated/α-hetero) is 1. The molecule has 2 heterocycles. The van der Waals surface area contributed by atoms with E-state index in [-0.39, 0.29) is 12.2 Å². The second-order valence-electron chi connectivity index (χ2n) is 6.93. The molecule has 0 radical (unpaired) electrons. The number of thiazole rings is 1. The van der Waals surface area contributed by atoms with Gasteiger partial charge in [0.25, 0.3) is 0 Å². The summed E-state index contributed by atoms with van der Waals surface area (Å²) in [6, 6.07) is 15.6. The fourth-order valence-corrected chi connectivity index (χ4v) is 3.98. The van der Waals surface area contributed by atoms with E-state index in [9.17, 15) is 9.59 Å². The zero-order valence-corrected chi connectivity index (χ0v) is 17.0. The molecule has 146 valence electrons. The van der Waals surface area contributed by atoms with E-state index in [2.05, 4.69) is 9.97 Å². The summed E-state index contributed by atoms with van der Waals surface area (Å²) in [5.41, 5.74) is 4.24. The molecule has 0 amide bonds. The van der Waals surface area contributed by atoms with Crippen molar-refractivity contribution in [3.05, 3.63) is 76.9 Å². The maximum absolute atomic E-state index is 12.7. The van der Waals surface area contributed by atoms with E-state index < -0.39 is 12.1 Å². The monoisotopic (exact) mass is 404 g/mol. The van der Waals surface area contributed by atoms with Crippen LogP contribution >= 0.6 is 11.3 Å². The number of ether oxygens (including phenoxy) is 1. The predicted octanol–water partition coefficient (Wildman–Crippen LogP) is 4.96. The van der Waals surface area contributed by atoms with Gasteiger partial charge in [0.05, 0.1) is 12.1 Å². The smallest absolute Gasteiger partial charge is 0.312 e. The van der Waals surface area contributed by atoms with E-state index in [1.54, 1.807) is 13.1 Å². The van der Waals surface area contributed by atoms with Gasteiger partial charge in [-0.2, -0.15) is 0 Å². The zero-order valence-electron chi connectivity index (χ0n) is 16.1. The third kappa shape index (κ3) is 4.12. The maximum atomic E-state index is 12.7. The van der Waals surface area contributed by atoms with Crippen molar-refractivity contribution in [3.8, 4) is 10.6 Å². The van der Waals surface area contributed by atoms with Gasteiger partial charge in [-0.15, -0.1) is 11.3 Å². The van der Waals surface area contributed by atoms with Crippen LogP contribution in [0.25, 0.3) is 21.5 Å². The molecule has 0 spiro atoms. The van der Waals surface area contributed by atoms with Gasteiger partial charge in [0.15, 0.2) is 6.10 Å². The molecule has 0 saturated heterocycles. The summed E-state index contributed by atoms with van der Waals surface area (Å²) in [7, 11) is 0. The van der Waals surface area contributed by atoms with Crippen LogP contribution in [0.15, 0.2) is 60.1 Å². The molecule has 0 aliphatic rings. The second-order valence-corrected chi connectivity index (χ2v) is 7.79. The molecule has 4 aromatic rings. The van der Waals surface area contributed by atoms with Crippen molar-refractivity contribution in [1.29, 1.82) is 0 Å².